The number of anilines is 2. The van der Waals surface area contributed by atoms with Crippen LogP contribution in [0.5, 0.6) is 0 Å². The van der Waals surface area contributed by atoms with Gasteiger partial charge in [-0.05, 0) is 51.7 Å². The van der Waals surface area contributed by atoms with Crippen molar-refractivity contribution < 1.29 is 19.0 Å². The number of imidazole rings is 1. The lowest BCUT2D eigenvalue weighted by Crippen LogP contribution is -2.44. The van der Waals surface area contributed by atoms with E-state index in [1.165, 1.54) is 35.1 Å². The molecule has 2 N–H and O–H groups in total. The van der Waals surface area contributed by atoms with Gasteiger partial charge >= 0.3 is 6.09 Å². The Morgan fingerprint density at radius 1 is 1.34 bits per heavy atom. The zero-order valence-corrected chi connectivity index (χ0v) is 19.9. The highest BCUT2D eigenvalue weighted by atomic mass is 19.1. The number of pyridine rings is 1. The van der Waals surface area contributed by atoms with Crippen molar-refractivity contribution in [3.8, 4) is 11.5 Å². The van der Waals surface area contributed by atoms with Gasteiger partial charge in [-0.25, -0.2) is 24.1 Å². The van der Waals surface area contributed by atoms with Crippen molar-refractivity contribution in [1.82, 2.24) is 24.3 Å². The zero-order chi connectivity index (χ0) is 25.2. The Morgan fingerprint density at radius 3 is 2.89 bits per heavy atom. The van der Waals surface area contributed by atoms with Crippen LogP contribution in [0.1, 0.15) is 33.6 Å². The number of aromatic nitrogens is 4. The van der Waals surface area contributed by atoms with E-state index in [4.69, 9.17) is 4.74 Å². The molecular formula is C23H29FN7O4-. The van der Waals surface area contributed by atoms with E-state index in [2.05, 4.69) is 20.3 Å². The summed E-state index contributed by atoms with van der Waals surface area (Å²) >= 11 is 0. The van der Waals surface area contributed by atoms with E-state index >= 15 is 0 Å². The molecule has 4 heterocycles. The number of ether oxygens (including phenoxy) is 1. The number of fused-ring (bicyclic) bond motifs is 1. The van der Waals surface area contributed by atoms with Crippen LogP contribution in [0.25, 0.3) is 17.2 Å². The van der Waals surface area contributed by atoms with Crippen LogP contribution in [0, 0.1) is 16.9 Å². The maximum atomic E-state index is 13.8. The number of carbonyl (C=O) groups is 1. The fourth-order valence-electron chi connectivity index (χ4n) is 3.97. The summed E-state index contributed by atoms with van der Waals surface area (Å²) in [6, 6.07) is 2.85. The summed E-state index contributed by atoms with van der Waals surface area (Å²) in [5.41, 5.74) is 0.464. The van der Waals surface area contributed by atoms with Crippen LogP contribution in [-0.4, -0.2) is 67.4 Å². The summed E-state index contributed by atoms with van der Waals surface area (Å²) < 4.78 is 20.8. The second-order valence-corrected chi connectivity index (χ2v) is 9.48. The van der Waals surface area contributed by atoms with Crippen molar-refractivity contribution in [2.75, 3.05) is 36.7 Å². The van der Waals surface area contributed by atoms with Gasteiger partial charge < -0.3 is 30.3 Å². The predicted molar refractivity (Wildman–Crippen MR) is 128 cm³/mol. The maximum absolute atomic E-state index is 13.8. The molecule has 1 aliphatic heterocycles. The van der Waals surface area contributed by atoms with Crippen LogP contribution in [0.4, 0.5) is 20.7 Å². The predicted octanol–water partition coefficient (Wildman–Crippen LogP) is 3.24. The monoisotopic (exact) mass is 486 g/mol. The first-order valence-corrected chi connectivity index (χ1v) is 11.4. The van der Waals surface area contributed by atoms with Crippen LogP contribution in [-0.2, 0) is 4.74 Å². The summed E-state index contributed by atoms with van der Waals surface area (Å²) in [5.74, 6) is 0.116. The minimum Gasteiger partial charge on any atom is -0.757 e. The molecule has 0 saturated carbocycles. The van der Waals surface area contributed by atoms with Crippen LogP contribution in [0.2, 0.25) is 0 Å². The summed E-state index contributed by atoms with van der Waals surface area (Å²) in [4.78, 5) is 27.1. The summed E-state index contributed by atoms with van der Waals surface area (Å²) in [6.45, 7) is 6.28. The normalized spacial score (nSPS) is 16.4. The fraction of sp³-hybridized carbons (Fsp3) is 0.478. The first kappa shape index (κ1) is 24.6. The van der Waals surface area contributed by atoms with E-state index in [1.807, 2.05) is 20.8 Å². The van der Waals surface area contributed by atoms with Crippen molar-refractivity contribution in [1.29, 1.82) is 0 Å². The van der Waals surface area contributed by atoms with Gasteiger partial charge in [-0.2, -0.15) is 0 Å². The average Bonchev–Trinajstić information content (AvgIpc) is 3.24. The average molecular weight is 487 g/mol. The Bertz CT molecular complexity index is 1200. The lowest BCUT2D eigenvalue weighted by molar-refractivity contribution is 0.0172. The minimum absolute atomic E-state index is 0.0658. The molecule has 0 radical (unpaired) electrons. The second kappa shape index (κ2) is 10.0. The first-order chi connectivity index (χ1) is 16.6. The Labute approximate surface area is 202 Å². The number of nitrogens with zero attached hydrogens (tertiary/aromatic N) is 6. The molecule has 35 heavy (non-hydrogen) atoms. The number of hydrogen-bond acceptors (Lipinski definition) is 9. The van der Waals surface area contributed by atoms with E-state index in [1.54, 1.807) is 4.90 Å². The number of carbonyl (C=O) groups excluding carboxylic acids is 1. The SMILES string of the molecule is CC(C)(C)OC(=O)N1CCC[C@H](CNc2nc(-c3cnc4ccc(F)cn34)ncc2N([O-])CO)C1. The van der Waals surface area contributed by atoms with Gasteiger partial charge in [0.05, 0.1) is 18.1 Å². The van der Waals surface area contributed by atoms with Crippen molar-refractivity contribution in [3.05, 3.63) is 41.7 Å². The van der Waals surface area contributed by atoms with E-state index < -0.39 is 18.1 Å². The van der Waals surface area contributed by atoms with Crippen LogP contribution < -0.4 is 10.4 Å². The number of nitrogens with one attached hydrogen (secondary N) is 1. The minimum atomic E-state index is -0.770. The Hall–Kier alpha value is -3.51. The lowest BCUT2D eigenvalue weighted by atomic mass is 9.98. The number of likely N-dealkylation sites (tertiary alicyclic amines) is 1. The molecule has 0 bridgehead atoms. The van der Waals surface area contributed by atoms with Gasteiger partial charge in [0.15, 0.2) is 11.6 Å². The molecule has 3 aromatic rings. The molecular weight excluding hydrogens is 457 g/mol. The molecule has 1 fully saturated rings. The van der Waals surface area contributed by atoms with Gasteiger partial charge in [0.25, 0.3) is 0 Å². The third kappa shape index (κ3) is 5.77. The molecule has 188 valence electrons. The Kier molecular flexibility index (Phi) is 7.03. The highest BCUT2D eigenvalue weighted by molar-refractivity contribution is 5.69. The van der Waals surface area contributed by atoms with Crippen LogP contribution in [0.3, 0.4) is 0 Å². The Balaban J connectivity index is 1.54. The lowest BCUT2D eigenvalue weighted by Gasteiger charge is -2.34. The molecule has 4 rings (SSSR count). The first-order valence-electron chi connectivity index (χ1n) is 11.4. The van der Waals surface area contributed by atoms with E-state index in [0.717, 1.165) is 12.8 Å². The van der Waals surface area contributed by atoms with Crippen molar-refractivity contribution in [2.24, 2.45) is 5.92 Å². The number of aliphatic hydroxyl groups is 1. The number of aliphatic hydroxyl groups excluding tert-OH is 1. The van der Waals surface area contributed by atoms with Gasteiger partial charge in [0, 0.05) is 25.8 Å². The number of hydrogen-bond donors (Lipinski definition) is 2. The summed E-state index contributed by atoms with van der Waals surface area (Å²) in [5, 5.41) is 25.1. The standard InChI is InChI=1S/C23H29FN7O4/c1-23(2,3)35-22(33)29-8-4-5-15(12-29)9-26-21-18(31(34)14-32)11-27-20(28-21)17-10-25-19-7-6-16(24)13-30(17)19/h6-7,10-11,13,15,32H,4-5,8-9,12,14H2,1-3H3,(H,26,27,28)/q-1/t15-/m1/s1. The van der Waals surface area contributed by atoms with E-state index in [9.17, 15) is 19.5 Å². The highest BCUT2D eigenvalue weighted by Gasteiger charge is 2.28. The third-order valence-electron chi connectivity index (χ3n) is 5.59. The summed E-state index contributed by atoms with van der Waals surface area (Å²) in [6.07, 6.45) is 5.47. The van der Waals surface area contributed by atoms with Gasteiger partial charge in [0.2, 0.25) is 0 Å². The molecule has 11 nitrogen and oxygen atoms in total. The molecule has 1 aliphatic rings. The van der Waals surface area contributed by atoms with Gasteiger partial charge in [-0.3, -0.25) is 4.40 Å². The highest BCUT2D eigenvalue weighted by Crippen LogP contribution is 2.28. The maximum Gasteiger partial charge on any atom is 0.410 e. The zero-order valence-electron chi connectivity index (χ0n) is 19.9. The molecule has 0 unspecified atom stereocenters. The van der Waals surface area contributed by atoms with Crippen LogP contribution >= 0.6 is 0 Å². The van der Waals surface area contributed by atoms with Gasteiger partial charge in [-0.1, -0.05) is 0 Å². The number of hydroxylamine groups is 1. The number of amides is 1. The van der Waals surface area contributed by atoms with E-state index in [0.29, 0.717) is 36.0 Å². The largest absolute Gasteiger partial charge is 0.757 e. The topological polar surface area (TPSA) is 131 Å². The number of rotatable bonds is 6. The second-order valence-electron chi connectivity index (χ2n) is 9.48. The third-order valence-corrected chi connectivity index (χ3v) is 5.59. The Morgan fingerprint density at radius 2 is 2.14 bits per heavy atom. The molecule has 1 atom stereocenters. The van der Waals surface area contributed by atoms with Crippen molar-refractivity contribution >= 4 is 23.2 Å². The smallest absolute Gasteiger partial charge is 0.410 e. The summed E-state index contributed by atoms with van der Waals surface area (Å²) in [7, 11) is 0. The molecule has 1 saturated heterocycles. The molecule has 0 aliphatic carbocycles. The van der Waals surface area contributed by atoms with Crippen molar-refractivity contribution in [2.45, 2.75) is 39.2 Å². The number of piperidine rings is 1. The number of halogens is 1. The van der Waals surface area contributed by atoms with Gasteiger partial charge in [0.1, 0.15) is 29.5 Å². The molecule has 1 amide bonds. The molecule has 0 aromatic carbocycles. The van der Waals surface area contributed by atoms with E-state index in [-0.39, 0.29) is 29.3 Å². The van der Waals surface area contributed by atoms with Crippen molar-refractivity contribution in [3.63, 3.8) is 0 Å². The molecule has 0 spiro atoms. The quantitative estimate of drug-likeness (QED) is 0.398. The fourth-order valence-corrected chi connectivity index (χ4v) is 3.97. The molecule has 12 heteroatoms. The molecule has 3 aromatic heterocycles. The van der Waals surface area contributed by atoms with Gasteiger partial charge in [-0.15, -0.1) is 0 Å². The van der Waals surface area contributed by atoms with Crippen LogP contribution in [0.15, 0.2) is 30.7 Å².